The van der Waals surface area contributed by atoms with Crippen molar-refractivity contribution in [3.63, 3.8) is 0 Å². The molecule has 2 unspecified atom stereocenters. The van der Waals surface area contributed by atoms with Crippen LogP contribution in [0.5, 0.6) is 5.75 Å². The fraction of sp³-hybridized carbons (Fsp3) is 0.571. The molecule has 0 radical (unpaired) electrons. The van der Waals surface area contributed by atoms with Crippen molar-refractivity contribution in [2.45, 2.75) is 39.3 Å². The van der Waals surface area contributed by atoms with Crippen LogP contribution in [0.4, 0.5) is 0 Å². The van der Waals surface area contributed by atoms with Gasteiger partial charge in [-0.3, -0.25) is 0 Å². The average Bonchev–Trinajstić information content (AvgIpc) is 2.35. The first kappa shape index (κ1) is 15.0. The Morgan fingerprint density at radius 3 is 2.50 bits per heavy atom. The number of ether oxygens (including phenoxy) is 1. The molecule has 0 bridgehead atoms. The first-order valence-corrected chi connectivity index (χ1v) is 6.39. The lowest BCUT2D eigenvalue weighted by Gasteiger charge is -2.22. The highest BCUT2D eigenvalue weighted by atomic mass is 16.5. The van der Waals surface area contributed by atoms with Crippen molar-refractivity contribution >= 4 is 0 Å². The van der Waals surface area contributed by atoms with Crippen molar-refractivity contribution in [2.24, 2.45) is 11.5 Å². The van der Waals surface area contributed by atoms with E-state index in [1.165, 1.54) is 0 Å². The molecule has 0 spiro atoms. The summed E-state index contributed by atoms with van der Waals surface area (Å²) >= 11 is 0. The molecule has 0 aliphatic carbocycles. The summed E-state index contributed by atoms with van der Waals surface area (Å²) in [6, 6.07) is 3.44. The smallest absolute Gasteiger partial charge is 0.122 e. The Kier molecular flexibility index (Phi) is 5.59. The third-order valence-corrected chi connectivity index (χ3v) is 3.30. The minimum Gasteiger partial charge on any atom is -0.494 e. The maximum absolute atomic E-state index is 10.2. The van der Waals surface area contributed by atoms with E-state index in [0.29, 0.717) is 19.6 Å². The fourth-order valence-corrected chi connectivity index (χ4v) is 2.03. The molecule has 1 aromatic carbocycles. The molecule has 2 atom stereocenters. The van der Waals surface area contributed by atoms with E-state index in [1.807, 2.05) is 32.9 Å². The average molecular weight is 252 g/mol. The van der Waals surface area contributed by atoms with E-state index < -0.39 is 6.10 Å². The predicted octanol–water partition coefficient (Wildman–Crippen LogP) is 1.41. The molecule has 1 rings (SSSR count). The standard InChI is InChI=1S/C14H24N2O2/c1-4-18-13-6-5-11(9(2)10(13)3)14(17)12(16)7-8-15/h5-6,12,14,17H,4,7-8,15-16H2,1-3H3. The molecule has 4 nitrogen and oxygen atoms in total. The molecule has 102 valence electrons. The van der Waals surface area contributed by atoms with Crippen LogP contribution in [0, 0.1) is 13.8 Å². The van der Waals surface area contributed by atoms with Crippen molar-refractivity contribution in [1.29, 1.82) is 0 Å². The van der Waals surface area contributed by atoms with E-state index >= 15 is 0 Å². The summed E-state index contributed by atoms with van der Waals surface area (Å²) in [5, 5.41) is 10.2. The van der Waals surface area contributed by atoms with Crippen LogP contribution < -0.4 is 16.2 Å². The second-order valence-electron chi connectivity index (χ2n) is 4.52. The van der Waals surface area contributed by atoms with Gasteiger partial charge < -0.3 is 21.3 Å². The molecule has 1 aromatic rings. The minimum atomic E-state index is -0.678. The summed E-state index contributed by atoms with van der Waals surface area (Å²) in [6.07, 6.45) is -0.0738. The minimum absolute atomic E-state index is 0.328. The van der Waals surface area contributed by atoms with Crippen LogP contribution >= 0.6 is 0 Å². The second-order valence-corrected chi connectivity index (χ2v) is 4.52. The molecule has 0 saturated carbocycles. The van der Waals surface area contributed by atoms with Gasteiger partial charge in [0, 0.05) is 6.04 Å². The number of aliphatic hydroxyl groups is 1. The molecule has 5 N–H and O–H groups in total. The monoisotopic (exact) mass is 252 g/mol. The van der Waals surface area contributed by atoms with E-state index in [0.717, 1.165) is 22.4 Å². The molecule has 0 amide bonds. The van der Waals surface area contributed by atoms with Crippen LogP contribution in [0.25, 0.3) is 0 Å². The molecule has 0 heterocycles. The highest BCUT2D eigenvalue weighted by Gasteiger charge is 2.19. The van der Waals surface area contributed by atoms with Crippen molar-refractivity contribution < 1.29 is 9.84 Å². The van der Waals surface area contributed by atoms with E-state index in [4.69, 9.17) is 16.2 Å². The third kappa shape index (κ3) is 3.22. The molecule has 0 aliphatic rings. The number of rotatable bonds is 6. The summed E-state index contributed by atoms with van der Waals surface area (Å²) < 4.78 is 5.53. The van der Waals surface area contributed by atoms with Gasteiger partial charge in [0.1, 0.15) is 5.75 Å². The molecule has 0 aliphatic heterocycles. The van der Waals surface area contributed by atoms with Crippen molar-refractivity contribution in [3.05, 3.63) is 28.8 Å². The number of hydrogen-bond acceptors (Lipinski definition) is 4. The summed E-state index contributed by atoms with van der Waals surface area (Å²) in [4.78, 5) is 0. The maximum Gasteiger partial charge on any atom is 0.122 e. The second kappa shape index (κ2) is 6.73. The molecule has 0 saturated heterocycles. The summed E-state index contributed by atoms with van der Waals surface area (Å²) in [5.74, 6) is 0.860. The number of nitrogens with two attached hydrogens (primary N) is 2. The predicted molar refractivity (Wildman–Crippen MR) is 73.7 cm³/mol. The summed E-state index contributed by atoms with van der Waals surface area (Å²) in [6.45, 7) is 7.04. The molecule has 4 heteroatoms. The lowest BCUT2D eigenvalue weighted by atomic mass is 9.93. The largest absolute Gasteiger partial charge is 0.494 e. The molecule has 0 aromatic heterocycles. The molecular weight excluding hydrogens is 228 g/mol. The zero-order valence-corrected chi connectivity index (χ0v) is 11.4. The van der Waals surface area contributed by atoms with Crippen molar-refractivity contribution in [2.75, 3.05) is 13.2 Å². The van der Waals surface area contributed by atoms with Gasteiger partial charge in [-0.05, 0) is 56.5 Å². The van der Waals surface area contributed by atoms with Gasteiger partial charge >= 0.3 is 0 Å². The number of aliphatic hydroxyl groups excluding tert-OH is 1. The van der Waals surface area contributed by atoms with Gasteiger partial charge in [-0.1, -0.05) is 6.07 Å². The Balaban J connectivity index is 3.00. The Bertz CT molecular complexity index is 394. The Hall–Kier alpha value is -1.10. The van der Waals surface area contributed by atoms with Gasteiger partial charge in [0.2, 0.25) is 0 Å². The topological polar surface area (TPSA) is 81.5 Å². The highest BCUT2D eigenvalue weighted by Crippen LogP contribution is 2.29. The lowest BCUT2D eigenvalue weighted by molar-refractivity contribution is 0.142. The first-order chi connectivity index (χ1) is 8.52. The Labute approximate surface area is 109 Å². The number of hydrogen-bond donors (Lipinski definition) is 3. The first-order valence-electron chi connectivity index (χ1n) is 6.39. The van der Waals surface area contributed by atoms with E-state index in [9.17, 15) is 5.11 Å². The number of benzene rings is 1. The van der Waals surface area contributed by atoms with Gasteiger partial charge in [-0.2, -0.15) is 0 Å². The molecular formula is C14H24N2O2. The third-order valence-electron chi connectivity index (χ3n) is 3.30. The van der Waals surface area contributed by atoms with Gasteiger partial charge in [0.25, 0.3) is 0 Å². The maximum atomic E-state index is 10.2. The lowest BCUT2D eigenvalue weighted by Crippen LogP contribution is -2.31. The van der Waals surface area contributed by atoms with Gasteiger partial charge in [0.15, 0.2) is 0 Å². The van der Waals surface area contributed by atoms with E-state index in [-0.39, 0.29) is 6.04 Å². The SMILES string of the molecule is CCOc1ccc(C(O)C(N)CCN)c(C)c1C. The summed E-state index contributed by atoms with van der Waals surface area (Å²) in [7, 11) is 0. The summed E-state index contributed by atoms with van der Waals surface area (Å²) in [5.41, 5.74) is 14.3. The fourth-order valence-electron chi connectivity index (χ4n) is 2.03. The van der Waals surface area contributed by atoms with Crippen LogP contribution in [0.2, 0.25) is 0 Å². The van der Waals surface area contributed by atoms with Gasteiger partial charge in [-0.15, -0.1) is 0 Å². The zero-order chi connectivity index (χ0) is 13.7. The molecule has 18 heavy (non-hydrogen) atoms. The van der Waals surface area contributed by atoms with Gasteiger partial charge in [0.05, 0.1) is 12.7 Å². The Morgan fingerprint density at radius 2 is 1.94 bits per heavy atom. The van der Waals surface area contributed by atoms with Crippen LogP contribution in [0.15, 0.2) is 12.1 Å². The quantitative estimate of drug-likeness (QED) is 0.715. The van der Waals surface area contributed by atoms with E-state index in [1.54, 1.807) is 0 Å². The van der Waals surface area contributed by atoms with Crippen molar-refractivity contribution in [3.8, 4) is 5.75 Å². The zero-order valence-electron chi connectivity index (χ0n) is 11.4. The molecule has 0 fully saturated rings. The van der Waals surface area contributed by atoms with Crippen LogP contribution in [0.1, 0.15) is 36.1 Å². The van der Waals surface area contributed by atoms with Crippen LogP contribution in [0.3, 0.4) is 0 Å². The van der Waals surface area contributed by atoms with Crippen LogP contribution in [-0.2, 0) is 0 Å². The van der Waals surface area contributed by atoms with Crippen LogP contribution in [-0.4, -0.2) is 24.3 Å². The Morgan fingerprint density at radius 1 is 1.28 bits per heavy atom. The normalized spacial score (nSPS) is 14.3. The van der Waals surface area contributed by atoms with Crippen molar-refractivity contribution in [1.82, 2.24) is 0 Å². The van der Waals surface area contributed by atoms with Gasteiger partial charge in [-0.25, -0.2) is 0 Å². The highest BCUT2D eigenvalue weighted by molar-refractivity contribution is 5.44. The van der Waals surface area contributed by atoms with E-state index in [2.05, 4.69) is 0 Å².